The SMILES string of the molecule is CCCNC(Cc1ccc(Cl)cc1)C1CCC(CC)CC1. The molecule has 1 aliphatic carbocycles. The first-order valence-electron chi connectivity index (χ1n) is 8.70. The van der Waals surface area contributed by atoms with Gasteiger partial charge in [-0.05, 0) is 61.8 Å². The Labute approximate surface area is 135 Å². The summed E-state index contributed by atoms with van der Waals surface area (Å²) in [7, 11) is 0. The lowest BCUT2D eigenvalue weighted by Crippen LogP contribution is -2.40. The Morgan fingerprint density at radius 2 is 1.76 bits per heavy atom. The van der Waals surface area contributed by atoms with Gasteiger partial charge < -0.3 is 5.32 Å². The molecule has 1 aromatic carbocycles. The second-order valence-electron chi connectivity index (χ2n) is 6.58. The van der Waals surface area contributed by atoms with E-state index < -0.39 is 0 Å². The third-order valence-electron chi connectivity index (χ3n) is 5.06. The van der Waals surface area contributed by atoms with E-state index in [-0.39, 0.29) is 0 Å². The van der Waals surface area contributed by atoms with Crippen LogP contribution in [0.5, 0.6) is 0 Å². The molecule has 118 valence electrons. The predicted octanol–water partition coefficient (Wildman–Crippen LogP) is 5.47. The molecule has 21 heavy (non-hydrogen) atoms. The van der Waals surface area contributed by atoms with E-state index in [2.05, 4.69) is 31.3 Å². The summed E-state index contributed by atoms with van der Waals surface area (Å²) in [6.45, 7) is 5.72. The van der Waals surface area contributed by atoms with Gasteiger partial charge in [-0.2, -0.15) is 0 Å². The molecule has 1 atom stereocenters. The van der Waals surface area contributed by atoms with Crippen molar-refractivity contribution in [2.75, 3.05) is 6.54 Å². The lowest BCUT2D eigenvalue weighted by Gasteiger charge is -2.34. The minimum absolute atomic E-state index is 0.629. The maximum absolute atomic E-state index is 6.00. The monoisotopic (exact) mass is 307 g/mol. The normalized spacial score (nSPS) is 24.0. The van der Waals surface area contributed by atoms with Crippen molar-refractivity contribution in [1.82, 2.24) is 5.32 Å². The van der Waals surface area contributed by atoms with Crippen LogP contribution < -0.4 is 5.32 Å². The van der Waals surface area contributed by atoms with Crippen LogP contribution in [0.15, 0.2) is 24.3 Å². The number of hydrogen-bond acceptors (Lipinski definition) is 1. The highest BCUT2D eigenvalue weighted by Gasteiger charge is 2.26. The summed E-state index contributed by atoms with van der Waals surface area (Å²) in [5.74, 6) is 1.82. The molecule has 0 bridgehead atoms. The molecule has 2 heteroatoms. The van der Waals surface area contributed by atoms with Crippen molar-refractivity contribution in [2.24, 2.45) is 11.8 Å². The predicted molar refractivity (Wildman–Crippen MR) is 93.0 cm³/mol. The number of rotatable bonds is 7. The molecule has 1 nitrogen and oxygen atoms in total. The lowest BCUT2D eigenvalue weighted by molar-refractivity contribution is 0.216. The van der Waals surface area contributed by atoms with Crippen LogP contribution in [0, 0.1) is 11.8 Å². The molecule has 0 radical (unpaired) electrons. The fourth-order valence-corrected chi connectivity index (χ4v) is 3.73. The number of benzene rings is 1. The van der Waals surface area contributed by atoms with Gasteiger partial charge >= 0.3 is 0 Å². The number of nitrogens with one attached hydrogen (secondary N) is 1. The van der Waals surface area contributed by atoms with Gasteiger partial charge in [-0.15, -0.1) is 0 Å². The topological polar surface area (TPSA) is 12.0 Å². The Morgan fingerprint density at radius 3 is 2.33 bits per heavy atom. The number of hydrogen-bond donors (Lipinski definition) is 1. The first-order valence-corrected chi connectivity index (χ1v) is 9.08. The first-order chi connectivity index (χ1) is 10.2. The van der Waals surface area contributed by atoms with Gasteiger partial charge in [0.1, 0.15) is 0 Å². The Balaban J connectivity index is 1.95. The Bertz CT molecular complexity index is 393. The van der Waals surface area contributed by atoms with Crippen molar-refractivity contribution >= 4 is 11.6 Å². The molecule has 1 N–H and O–H groups in total. The Kier molecular flexibility index (Phi) is 7.06. The van der Waals surface area contributed by atoms with Crippen molar-refractivity contribution in [3.8, 4) is 0 Å². The molecule has 2 rings (SSSR count). The maximum atomic E-state index is 6.00. The summed E-state index contributed by atoms with van der Waals surface area (Å²) < 4.78 is 0. The van der Waals surface area contributed by atoms with Gasteiger partial charge in [-0.1, -0.05) is 56.8 Å². The van der Waals surface area contributed by atoms with Gasteiger partial charge in [0.05, 0.1) is 0 Å². The molecule has 1 aromatic rings. The van der Waals surface area contributed by atoms with Crippen LogP contribution in [-0.2, 0) is 6.42 Å². The standard InChI is InChI=1S/C19H30ClN/c1-3-13-21-19(14-16-7-11-18(20)12-8-16)17-9-5-15(4-2)6-10-17/h7-8,11-12,15,17,19,21H,3-6,9-10,13-14H2,1-2H3. The van der Waals surface area contributed by atoms with E-state index in [0.29, 0.717) is 6.04 Å². The molecule has 1 unspecified atom stereocenters. The molecule has 0 aromatic heterocycles. The van der Waals surface area contributed by atoms with Gasteiger partial charge in [0.2, 0.25) is 0 Å². The quantitative estimate of drug-likeness (QED) is 0.704. The van der Waals surface area contributed by atoms with E-state index in [4.69, 9.17) is 11.6 Å². The van der Waals surface area contributed by atoms with Gasteiger partial charge in [0.15, 0.2) is 0 Å². The third kappa shape index (κ3) is 5.30. The van der Waals surface area contributed by atoms with E-state index in [1.54, 1.807) is 0 Å². The van der Waals surface area contributed by atoms with Crippen molar-refractivity contribution in [3.63, 3.8) is 0 Å². The molecular formula is C19H30ClN. The molecule has 1 saturated carbocycles. The van der Waals surface area contributed by atoms with Gasteiger partial charge in [0, 0.05) is 11.1 Å². The first kappa shape index (κ1) is 16.8. The molecular weight excluding hydrogens is 278 g/mol. The zero-order valence-corrected chi connectivity index (χ0v) is 14.3. The van der Waals surface area contributed by atoms with Crippen molar-refractivity contribution < 1.29 is 0 Å². The minimum Gasteiger partial charge on any atom is -0.313 e. The molecule has 1 fully saturated rings. The van der Waals surface area contributed by atoms with Crippen LogP contribution in [0.4, 0.5) is 0 Å². The second kappa shape index (κ2) is 8.80. The summed E-state index contributed by atoms with van der Waals surface area (Å²) in [5, 5.41) is 4.64. The molecule has 0 spiro atoms. The minimum atomic E-state index is 0.629. The van der Waals surface area contributed by atoms with Crippen molar-refractivity contribution in [2.45, 2.75) is 64.8 Å². The zero-order valence-electron chi connectivity index (χ0n) is 13.6. The average Bonchev–Trinajstić information content (AvgIpc) is 2.53. The van der Waals surface area contributed by atoms with Crippen LogP contribution in [0.3, 0.4) is 0 Å². The molecule has 0 saturated heterocycles. The van der Waals surface area contributed by atoms with Gasteiger partial charge in [0.25, 0.3) is 0 Å². The summed E-state index contributed by atoms with van der Waals surface area (Å²) in [4.78, 5) is 0. The second-order valence-corrected chi connectivity index (χ2v) is 7.02. The average molecular weight is 308 g/mol. The summed E-state index contributed by atoms with van der Waals surface area (Å²) in [6, 6.07) is 9.02. The van der Waals surface area contributed by atoms with Crippen LogP contribution in [-0.4, -0.2) is 12.6 Å². The molecule has 0 amide bonds. The summed E-state index contributed by atoms with van der Waals surface area (Å²) in [6.07, 6.45) is 9.34. The van der Waals surface area contributed by atoms with Gasteiger partial charge in [-0.3, -0.25) is 0 Å². The zero-order chi connectivity index (χ0) is 15.1. The van der Waals surface area contributed by atoms with Gasteiger partial charge in [-0.25, -0.2) is 0 Å². The van der Waals surface area contributed by atoms with Crippen LogP contribution in [0.1, 0.15) is 57.9 Å². The highest BCUT2D eigenvalue weighted by Crippen LogP contribution is 2.33. The molecule has 0 aliphatic heterocycles. The highest BCUT2D eigenvalue weighted by molar-refractivity contribution is 6.30. The van der Waals surface area contributed by atoms with Crippen molar-refractivity contribution in [1.29, 1.82) is 0 Å². The van der Waals surface area contributed by atoms with Crippen LogP contribution in [0.2, 0.25) is 5.02 Å². The molecule has 1 aliphatic rings. The summed E-state index contributed by atoms with van der Waals surface area (Å²) in [5.41, 5.74) is 1.41. The Hall–Kier alpha value is -0.530. The van der Waals surface area contributed by atoms with Crippen LogP contribution in [0.25, 0.3) is 0 Å². The third-order valence-corrected chi connectivity index (χ3v) is 5.32. The smallest absolute Gasteiger partial charge is 0.0406 e. The van der Waals surface area contributed by atoms with E-state index in [0.717, 1.165) is 29.8 Å². The lowest BCUT2D eigenvalue weighted by atomic mass is 9.76. The van der Waals surface area contributed by atoms with Crippen LogP contribution >= 0.6 is 11.6 Å². The van der Waals surface area contributed by atoms with Crippen molar-refractivity contribution in [3.05, 3.63) is 34.9 Å². The maximum Gasteiger partial charge on any atom is 0.0406 e. The van der Waals surface area contributed by atoms with E-state index in [9.17, 15) is 0 Å². The highest BCUT2D eigenvalue weighted by atomic mass is 35.5. The van der Waals surface area contributed by atoms with E-state index in [1.165, 1.54) is 44.1 Å². The number of halogens is 1. The van der Waals surface area contributed by atoms with E-state index >= 15 is 0 Å². The summed E-state index contributed by atoms with van der Waals surface area (Å²) >= 11 is 6.00. The molecule has 0 heterocycles. The largest absolute Gasteiger partial charge is 0.313 e. The van der Waals surface area contributed by atoms with E-state index in [1.807, 2.05) is 12.1 Å². The Morgan fingerprint density at radius 1 is 1.10 bits per heavy atom. The fraction of sp³-hybridized carbons (Fsp3) is 0.684. The fourth-order valence-electron chi connectivity index (χ4n) is 3.61.